The third-order valence-electron chi connectivity index (χ3n) is 7.16. The summed E-state index contributed by atoms with van der Waals surface area (Å²) in [4.78, 5) is 15.7. The van der Waals surface area contributed by atoms with Gasteiger partial charge in [0.1, 0.15) is 5.69 Å². The minimum absolute atomic E-state index is 0.00267. The molecule has 0 spiro atoms. The van der Waals surface area contributed by atoms with Gasteiger partial charge in [-0.05, 0) is 60.3 Å². The monoisotopic (exact) mass is 549 g/mol. The van der Waals surface area contributed by atoms with Crippen molar-refractivity contribution in [3.05, 3.63) is 113 Å². The number of carbonyl (C=O) groups excluding carboxylic acids is 1. The van der Waals surface area contributed by atoms with Crippen molar-refractivity contribution in [3.8, 4) is 5.69 Å². The normalized spacial score (nSPS) is 16.7. The van der Waals surface area contributed by atoms with Crippen molar-refractivity contribution in [1.82, 2.24) is 14.7 Å². The first-order chi connectivity index (χ1) is 19.3. The number of aliphatic hydroxyl groups excluding tert-OH is 1. The van der Waals surface area contributed by atoms with Gasteiger partial charge in [0.05, 0.1) is 18.3 Å². The summed E-state index contributed by atoms with van der Waals surface area (Å²) in [7, 11) is 0. The van der Waals surface area contributed by atoms with E-state index in [2.05, 4.69) is 15.3 Å². The maximum Gasteiger partial charge on any atom is 0.435 e. The fourth-order valence-corrected chi connectivity index (χ4v) is 5.28. The van der Waals surface area contributed by atoms with E-state index in [1.54, 1.807) is 36.4 Å². The number of amides is 1. The topological polar surface area (TPSA) is 96.4 Å². The summed E-state index contributed by atoms with van der Waals surface area (Å²) in [5, 5.41) is 16.5. The molecule has 7 nitrogen and oxygen atoms in total. The van der Waals surface area contributed by atoms with E-state index in [4.69, 9.17) is 5.73 Å². The number of nitrogens with two attached hydrogens (primary N) is 1. The predicted molar refractivity (Wildman–Crippen MR) is 146 cm³/mol. The van der Waals surface area contributed by atoms with Crippen LogP contribution in [0.5, 0.6) is 0 Å². The molecule has 3 aromatic carbocycles. The van der Waals surface area contributed by atoms with Crippen molar-refractivity contribution < 1.29 is 23.1 Å². The summed E-state index contributed by atoms with van der Waals surface area (Å²) in [6, 6.07) is 24.3. The highest BCUT2D eigenvalue weighted by Gasteiger charge is 2.36. The maximum atomic E-state index is 13.6. The lowest BCUT2D eigenvalue weighted by molar-refractivity contribution is -0.141. The number of halogens is 3. The summed E-state index contributed by atoms with van der Waals surface area (Å²) in [5.74, 6) is -0.732. The molecular weight excluding hydrogens is 519 g/mol. The molecule has 0 radical (unpaired) electrons. The Morgan fingerprint density at radius 2 is 1.77 bits per heavy atom. The Balaban J connectivity index is 1.49. The number of nitrogens with zero attached hydrogens (tertiary/aromatic N) is 3. The van der Waals surface area contributed by atoms with E-state index in [0.29, 0.717) is 16.9 Å². The van der Waals surface area contributed by atoms with Crippen molar-refractivity contribution in [2.75, 3.05) is 18.5 Å². The van der Waals surface area contributed by atoms with Crippen LogP contribution >= 0.6 is 0 Å². The van der Waals surface area contributed by atoms with Gasteiger partial charge in [-0.25, -0.2) is 4.68 Å². The van der Waals surface area contributed by atoms with Crippen LogP contribution in [0.25, 0.3) is 5.69 Å². The standard InChI is InChI=1S/C30H30F3N5O2/c31-30(32,33)27-17-26(38(36-27)24-12-4-7-20(15-24)18-34)29(40)35-23-11-5-10-22(16-23)28(21-8-2-1-3-9-21)37-14-6-13-25(37)19-39/h1-5,7-12,15-17,25,28,39H,6,13-14,18-19,34H2,(H,35,40). The average Bonchev–Trinajstić information content (AvgIpc) is 3.62. The third-order valence-corrected chi connectivity index (χ3v) is 7.16. The Kier molecular flexibility index (Phi) is 8.02. The van der Waals surface area contributed by atoms with E-state index < -0.39 is 17.8 Å². The lowest BCUT2D eigenvalue weighted by Crippen LogP contribution is -2.36. The highest BCUT2D eigenvalue weighted by atomic mass is 19.4. The van der Waals surface area contributed by atoms with Crippen LogP contribution in [0, 0.1) is 0 Å². The number of aromatic nitrogens is 2. The maximum absolute atomic E-state index is 13.6. The molecule has 2 heterocycles. The molecule has 1 aliphatic heterocycles. The fraction of sp³-hybridized carbons (Fsp3) is 0.267. The second-order valence-electron chi connectivity index (χ2n) is 9.81. The van der Waals surface area contributed by atoms with Gasteiger partial charge in [0.15, 0.2) is 5.69 Å². The molecule has 1 amide bonds. The highest BCUT2D eigenvalue weighted by Crippen LogP contribution is 2.36. The van der Waals surface area contributed by atoms with Gasteiger partial charge in [0, 0.05) is 24.3 Å². The zero-order valence-electron chi connectivity index (χ0n) is 21.7. The molecule has 10 heteroatoms. The average molecular weight is 550 g/mol. The number of nitrogens with one attached hydrogen (secondary N) is 1. The first-order valence-electron chi connectivity index (χ1n) is 13.1. The number of likely N-dealkylation sites (tertiary alicyclic amines) is 1. The number of carbonyl (C=O) groups is 1. The summed E-state index contributed by atoms with van der Waals surface area (Å²) < 4.78 is 41.8. The number of hydrogen-bond acceptors (Lipinski definition) is 5. The zero-order chi connectivity index (χ0) is 28.3. The summed E-state index contributed by atoms with van der Waals surface area (Å²) in [6.45, 7) is 1.03. The van der Waals surface area contributed by atoms with E-state index in [1.165, 1.54) is 0 Å². The Labute approximate surface area is 230 Å². The first kappa shape index (κ1) is 27.6. The number of hydrogen-bond donors (Lipinski definition) is 3. The lowest BCUT2D eigenvalue weighted by Gasteiger charge is -2.33. The molecule has 1 saturated heterocycles. The molecule has 4 aromatic rings. The molecule has 1 aromatic heterocycles. The number of rotatable bonds is 8. The second-order valence-corrected chi connectivity index (χ2v) is 9.81. The van der Waals surface area contributed by atoms with E-state index in [0.717, 1.165) is 41.3 Å². The van der Waals surface area contributed by atoms with Gasteiger partial charge < -0.3 is 16.2 Å². The van der Waals surface area contributed by atoms with Gasteiger partial charge in [-0.2, -0.15) is 18.3 Å². The Morgan fingerprint density at radius 1 is 1.02 bits per heavy atom. The van der Waals surface area contributed by atoms with E-state index in [9.17, 15) is 23.1 Å². The molecule has 0 saturated carbocycles. The largest absolute Gasteiger partial charge is 0.435 e. The van der Waals surface area contributed by atoms with Crippen molar-refractivity contribution in [2.24, 2.45) is 5.73 Å². The lowest BCUT2D eigenvalue weighted by atomic mass is 9.96. The Hall–Kier alpha value is -3.99. The van der Waals surface area contributed by atoms with Gasteiger partial charge in [0.2, 0.25) is 0 Å². The molecule has 40 heavy (non-hydrogen) atoms. The molecule has 1 aliphatic rings. The molecule has 1 fully saturated rings. The van der Waals surface area contributed by atoms with Gasteiger partial charge in [-0.15, -0.1) is 0 Å². The smallest absolute Gasteiger partial charge is 0.395 e. The van der Waals surface area contributed by atoms with Crippen LogP contribution in [0.15, 0.2) is 84.9 Å². The van der Waals surface area contributed by atoms with Crippen LogP contribution in [0.4, 0.5) is 18.9 Å². The number of alkyl halides is 3. The van der Waals surface area contributed by atoms with Crippen LogP contribution in [-0.4, -0.2) is 44.9 Å². The number of aliphatic hydroxyl groups is 1. The Morgan fingerprint density at radius 3 is 2.50 bits per heavy atom. The molecule has 0 bridgehead atoms. The Bertz CT molecular complexity index is 1470. The molecule has 4 N–H and O–H groups in total. The number of anilines is 1. The minimum atomic E-state index is -4.73. The minimum Gasteiger partial charge on any atom is -0.395 e. The van der Waals surface area contributed by atoms with Crippen molar-refractivity contribution >= 4 is 11.6 Å². The third kappa shape index (κ3) is 5.79. The second kappa shape index (κ2) is 11.6. The SMILES string of the molecule is NCc1cccc(-n2nc(C(F)(F)F)cc2C(=O)Nc2cccc(C(c3ccccc3)N3CCCC3CO)c2)c1. The van der Waals surface area contributed by atoms with Crippen molar-refractivity contribution in [3.63, 3.8) is 0 Å². The van der Waals surface area contributed by atoms with Crippen molar-refractivity contribution in [1.29, 1.82) is 0 Å². The van der Waals surface area contributed by atoms with E-state index >= 15 is 0 Å². The summed E-state index contributed by atoms with van der Waals surface area (Å²) in [5.41, 5.74) is 7.63. The van der Waals surface area contributed by atoms with Crippen molar-refractivity contribution in [2.45, 2.75) is 37.6 Å². The summed E-state index contributed by atoms with van der Waals surface area (Å²) in [6.07, 6.45) is -2.89. The van der Waals surface area contributed by atoms with Gasteiger partial charge in [0.25, 0.3) is 5.91 Å². The van der Waals surface area contributed by atoms with Gasteiger partial charge >= 0.3 is 6.18 Å². The molecule has 0 aliphatic carbocycles. The van der Waals surface area contributed by atoms with Gasteiger partial charge in [-0.1, -0.05) is 54.6 Å². The quantitative estimate of drug-likeness (QED) is 0.283. The van der Waals surface area contributed by atoms with Crippen LogP contribution < -0.4 is 11.1 Å². The summed E-state index contributed by atoms with van der Waals surface area (Å²) >= 11 is 0. The van der Waals surface area contributed by atoms with Gasteiger partial charge in [-0.3, -0.25) is 9.69 Å². The predicted octanol–water partition coefficient (Wildman–Crippen LogP) is 5.15. The molecule has 2 atom stereocenters. The van der Waals surface area contributed by atoms with Crippen LogP contribution in [0.2, 0.25) is 0 Å². The molecular formula is C30H30F3N5O2. The zero-order valence-corrected chi connectivity index (χ0v) is 21.7. The van der Waals surface area contributed by atoms with Crippen LogP contribution in [0.1, 0.15) is 51.8 Å². The van der Waals surface area contributed by atoms with E-state index in [1.807, 2.05) is 42.5 Å². The molecule has 5 rings (SSSR count). The fourth-order valence-electron chi connectivity index (χ4n) is 5.28. The first-order valence-corrected chi connectivity index (χ1v) is 13.1. The number of benzene rings is 3. The van der Waals surface area contributed by atoms with Crippen LogP contribution in [0.3, 0.4) is 0 Å². The molecule has 2 unspecified atom stereocenters. The van der Waals surface area contributed by atoms with E-state index in [-0.39, 0.29) is 30.9 Å². The highest BCUT2D eigenvalue weighted by molar-refractivity contribution is 6.03. The van der Waals surface area contributed by atoms with Crippen LogP contribution in [-0.2, 0) is 12.7 Å². The molecule has 208 valence electrons.